The molecule has 1 N–H and O–H groups in total. The van der Waals surface area contributed by atoms with Crippen molar-refractivity contribution in [3.8, 4) is 11.1 Å². The second kappa shape index (κ2) is 7.01. The molecule has 1 fully saturated rings. The number of nitrogens with one attached hydrogen (secondary N) is 1. The lowest BCUT2D eigenvalue weighted by Crippen LogP contribution is -2.39. The Bertz CT molecular complexity index is 806. The minimum absolute atomic E-state index is 0.0655. The summed E-state index contributed by atoms with van der Waals surface area (Å²) in [7, 11) is 1.71. The Morgan fingerprint density at radius 3 is 2.48 bits per heavy atom. The molecule has 2 amide bonds. The normalized spacial score (nSPS) is 17.5. The van der Waals surface area contributed by atoms with Crippen LogP contribution in [0.5, 0.6) is 0 Å². The summed E-state index contributed by atoms with van der Waals surface area (Å²) in [6.07, 6.45) is 0.747. The fourth-order valence-corrected chi connectivity index (χ4v) is 2.90. The van der Waals surface area contributed by atoms with Crippen LogP contribution in [0.25, 0.3) is 11.1 Å². The highest BCUT2D eigenvalue weighted by molar-refractivity contribution is 5.98. The van der Waals surface area contributed by atoms with Gasteiger partial charge in [-0.25, -0.2) is 8.78 Å². The molecule has 25 heavy (non-hydrogen) atoms. The summed E-state index contributed by atoms with van der Waals surface area (Å²) in [6, 6.07) is 9.63. The van der Waals surface area contributed by atoms with E-state index >= 15 is 0 Å². The number of hydrogen-bond donors (Lipinski definition) is 1. The van der Waals surface area contributed by atoms with E-state index in [0.29, 0.717) is 29.8 Å². The Kier molecular flexibility index (Phi) is 4.79. The van der Waals surface area contributed by atoms with Gasteiger partial charge in [-0.15, -0.1) is 0 Å². The molecule has 2 aromatic carbocycles. The zero-order valence-electron chi connectivity index (χ0n) is 13.8. The molecule has 130 valence electrons. The lowest BCUT2D eigenvalue weighted by Gasteiger charge is -2.28. The first kappa shape index (κ1) is 17.1. The zero-order chi connectivity index (χ0) is 18.0. The quantitative estimate of drug-likeness (QED) is 0.927. The number of amides is 2. The molecule has 1 heterocycles. The fourth-order valence-electron chi connectivity index (χ4n) is 2.90. The van der Waals surface area contributed by atoms with Crippen LogP contribution in [0.2, 0.25) is 0 Å². The standard InChI is InChI=1S/C19H18F2N2O2/c1-23-9-8-13(10-18(23)24)19(25)22-17-7-6-15(21)11-16(17)12-2-4-14(20)5-3-12/h2-7,11,13H,8-10H2,1H3,(H,22,25)/t13-/m0/s1. The highest BCUT2D eigenvalue weighted by Gasteiger charge is 2.29. The molecule has 1 aliphatic rings. The molecule has 4 nitrogen and oxygen atoms in total. The molecule has 0 radical (unpaired) electrons. The number of hydrogen-bond acceptors (Lipinski definition) is 2. The minimum atomic E-state index is -0.452. The highest BCUT2D eigenvalue weighted by atomic mass is 19.1. The third-order valence-corrected chi connectivity index (χ3v) is 4.43. The van der Waals surface area contributed by atoms with Gasteiger partial charge in [-0.1, -0.05) is 12.1 Å². The average Bonchev–Trinajstić information content (AvgIpc) is 2.59. The Morgan fingerprint density at radius 2 is 1.80 bits per heavy atom. The van der Waals surface area contributed by atoms with Crippen LogP contribution in [-0.4, -0.2) is 30.3 Å². The van der Waals surface area contributed by atoms with E-state index in [1.807, 2.05) is 0 Å². The van der Waals surface area contributed by atoms with Crippen LogP contribution >= 0.6 is 0 Å². The first-order valence-electron chi connectivity index (χ1n) is 8.04. The molecule has 1 aliphatic heterocycles. The zero-order valence-corrected chi connectivity index (χ0v) is 13.8. The van der Waals surface area contributed by atoms with Gasteiger partial charge in [0.05, 0.1) is 0 Å². The number of nitrogens with zero attached hydrogens (tertiary/aromatic N) is 1. The second-order valence-corrected chi connectivity index (χ2v) is 6.19. The predicted molar refractivity (Wildman–Crippen MR) is 90.8 cm³/mol. The van der Waals surface area contributed by atoms with Crippen LogP contribution in [0.4, 0.5) is 14.5 Å². The maximum absolute atomic E-state index is 13.7. The summed E-state index contributed by atoms with van der Waals surface area (Å²) in [6.45, 7) is 0.533. The molecule has 0 unspecified atom stereocenters. The van der Waals surface area contributed by atoms with Crippen LogP contribution in [-0.2, 0) is 9.59 Å². The lowest BCUT2D eigenvalue weighted by molar-refractivity contribution is -0.137. The van der Waals surface area contributed by atoms with Crippen molar-refractivity contribution in [2.75, 3.05) is 18.9 Å². The van der Waals surface area contributed by atoms with Crippen molar-refractivity contribution < 1.29 is 18.4 Å². The van der Waals surface area contributed by atoms with Crippen molar-refractivity contribution in [2.24, 2.45) is 5.92 Å². The van der Waals surface area contributed by atoms with Gasteiger partial charge in [0.25, 0.3) is 0 Å². The SMILES string of the molecule is CN1CC[C@H](C(=O)Nc2ccc(F)cc2-c2ccc(F)cc2)CC1=O. The molecule has 0 saturated carbocycles. The second-order valence-electron chi connectivity index (χ2n) is 6.19. The van der Waals surface area contributed by atoms with Crippen molar-refractivity contribution in [3.63, 3.8) is 0 Å². The van der Waals surface area contributed by atoms with E-state index < -0.39 is 17.6 Å². The van der Waals surface area contributed by atoms with E-state index in [2.05, 4.69) is 5.32 Å². The molecule has 6 heteroatoms. The number of carbonyl (C=O) groups excluding carboxylic acids is 2. The van der Waals surface area contributed by atoms with Crippen molar-refractivity contribution in [1.82, 2.24) is 4.90 Å². The van der Waals surface area contributed by atoms with Gasteiger partial charge in [-0.2, -0.15) is 0 Å². The number of rotatable bonds is 3. The number of piperidine rings is 1. The Hall–Kier alpha value is -2.76. The summed E-state index contributed by atoms with van der Waals surface area (Å²) < 4.78 is 26.8. The van der Waals surface area contributed by atoms with E-state index in [1.54, 1.807) is 11.9 Å². The fraction of sp³-hybridized carbons (Fsp3) is 0.263. The first-order valence-corrected chi connectivity index (χ1v) is 8.04. The van der Waals surface area contributed by atoms with E-state index in [1.165, 1.54) is 42.5 Å². The number of benzene rings is 2. The summed E-state index contributed by atoms with van der Waals surface area (Å²) in [4.78, 5) is 25.9. The Balaban J connectivity index is 1.84. The Morgan fingerprint density at radius 1 is 1.12 bits per heavy atom. The largest absolute Gasteiger partial charge is 0.346 e. The van der Waals surface area contributed by atoms with Gasteiger partial charge >= 0.3 is 0 Å². The van der Waals surface area contributed by atoms with E-state index in [4.69, 9.17) is 0 Å². The van der Waals surface area contributed by atoms with Crippen LogP contribution < -0.4 is 5.32 Å². The maximum Gasteiger partial charge on any atom is 0.228 e. The topological polar surface area (TPSA) is 49.4 Å². The van der Waals surface area contributed by atoms with Gasteiger partial charge in [0.2, 0.25) is 11.8 Å². The average molecular weight is 344 g/mol. The molecule has 0 spiro atoms. The van der Waals surface area contributed by atoms with Crippen LogP contribution in [0, 0.1) is 17.6 Å². The van der Waals surface area contributed by atoms with E-state index in [9.17, 15) is 18.4 Å². The summed E-state index contributed by atoms with van der Waals surface area (Å²) >= 11 is 0. The summed E-state index contributed by atoms with van der Waals surface area (Å²) in [5, 5.41) is 2.79. The third kappa shape index (κ3) is 3.84. The molecule has 0 bridgehead atoms. The number of anilines is 1. The molecule has 0 aliphatic carbocycles. The lowest BCUT2D eigenvalue weighted by atomic mass is 9.95. The molecule has 3 rings (SSSR count). The predicted octanol–water partition coefficient (Wildman–Crippen LogP) is 3.44. The monoisotopic (exact) mass is 344 g/mol. The molecule has 1 atom stereocenters. The smallest absolute Gasteiger partial charge is 0.228 e. The van der Waals surface area contributed by atoms with Gasteiger partial charge in [-0.3, -0.25) is 9.59 Å². The van der Waals surface area contributed by atoms with Gasteiger partial charge in [0.15, 0.2) is 0 Å². The summed E-state index contributed by atoms with van der Waals surface area (Å²) in [5.74, 6) is -1.59. The van der Waals surface area contributed by atoms with Gasteiger partial charge in [0, 0.05) is 37.2 Å². The molecule has 1 saturated heterocycles. The van der Waals surface area contributed by atoms with Crippen molar-refractivity contribution in [3.05, 3.63) is 54.1 Å². The minimum Gasteiger partial charge on any atom is -0.346 e. The Labute approximate surface area is 144 Å². The van der Waals surface area contributed by atoms with Crippen molar-refractivity contribution >= 4 is 17.5 Å². The van der Waals surface area contributed by atoms with Gasteiger partial charge < -0.3 is 10.2 Å². The number of likely N-dealkylation sites (tertiary alicyclic amines) is 1. The molecule has 2 aromatic rings. The maximum atomic E-state index is 13.7. The molecular formula is C19H18F2N2O2. The van der Waals surface area contributed by atoms with Crippen LogP contribution in [0.15, 0.2) is 42.5 Å². The molecule has 0 aromatic heterocycles. The summed E-state index contributed by atoms with van der Waals surface area (Å²) in [5.41, 5.74) is 1.49. The number of carbonyl (C=O) groups is 2. The third-order valence-electron chi connectivity index (χ3n) is 4.43. The van der Waals surface area contributed by atoms with Crippen molar-refractivity contribution in [1.29, 1.82) is 0 Å². The van der Waals surface area contributed by atoms with Crippen molar-refractivity contribution in [2.45, 2.75) is 12.8 Å². The molecular weight excluding hydrogens is 326 g/mol. The number of halogens is 2. The first-order chi connectivity index (χ1) is 11.9. The van der Waals surface area contributed by atoms with E-state index in [0.717, 1.165) is 0 Å². The van der Waals surface area contributed by atoms with Crippen LogP contribution in [0.1, 0.15) is 12.8 Å². The highest BCUT2D eigenvalue weighted by Crippen LogP contribution is 2.30. The van der Waals surface area contributed by atoms with Gasteiger partial charge in [-0.05, 0) is 42.3 Å². The van der Waals surface area contributed by atoms with Crippen LogP contribution in [0.3, 0.4) is 0 Å². The van der Waals surface area contributed by atoms with Gasteiger partial charge in [0.1, 0.15) is 11.6 Å². The van der Waals surface area contributed by atoms with E-state index in [-0.39, 0.29) is 18.2 Å².